The molecule has 0 aliphatic rings. The summed E-state index contributed by atoms with van der Waals surface area (Å²) in [7, 11) is 0. The Bertz CT molecular complexity index is 548. The summed E-state index contributed by atoms with van der Waals surface area (Å²) in [6, 6.07) is -1.09. The minimum atomic E-state index is -1.17. The molecule has 0 saturated carbocycles. The Morgan fingerprint density at radius 1 is 1.07 bits per heavy atom. The summed E-state index contributed by atoms with van der Waals surface area (Å²) in [5.74, 6) is -1.92. The summed E-state index contributed by atoms with van der Waals surface area (Å²) in [5, 5.41) is 14.0. The number of hydrogen-bond acceptors (Lipinski definition) is 5. The van der Waals surface area contributed by atoms with Crippen molar-refractivity contribution in [2.24, 2.45) is 0 Å². The maximum absolute atomic E-state index is 12.1. The third kappa shape index (κ3) is 13.2. The third-order valence-electron chi connectivity index (χ3n) is 3.97. The van der Waals surface area contributed by atoms with Gasteiger partial charge in [-0.2, -0.15) is 0 Å². The molecule has 0 unspecified atom stereocenters. The summed E-state index contributed by atoms with van der Waals surface area (Å²) >= 11 is 3.75. The summed E-state index contributed by atoms with van der Waals surface area (Å²) in [6.45, 7) is 9.10. The molecule has 8 nitrogen and oxygen atoms in total. The highest BCUT2D eigenvalue weighted by Gasteiger charge is 2.25. The van der Waals surface area contributed by atoms with Crippen molar-refractivity contribution in [3.63, 3.8) is 0 Å². The van der Waals surface area contributed by atoms with E-state index in [4.69, 9.17) is 9.84 Å². The molecule has 0 radical (unpaired) electrons. The van der Waals surface area contributed by atoms with E-state index in [2.05, 4.69) is 23.3 Å². The normalized spacial score (nSPS) is 13.0. The molecular formula is C18H32N2O6S. The Hall–Kier alpha value is -1.61. The Labute approximate surface area is 166 Å². The molecular weight excluding hydrogens is 372 g/mol. The van der Waals surface area contributed by atoms with Crippen LogP contribution in [0.25, 0.3) is 0 Å². The lowest BCUT2D eigenvalue weighted by Crippen LogP contribution is -2.46. The largest absolute Gasteiger partial charge is 0.480 e. The second-order valence-electron chi connectivity index (χ2n) is 7.81. The van der Waals surface area contributed by atoms with Gasteiger partial charge >= 0.3 is 5.97 Å². The number of carboxylic acids is 1. The van der Waals surface area contributed by atoms with Crippen LogP contribution in [-0.2, 0) is 23.9 Å². The quantitative estimate of drug-likeness (QED) is 0.347. The zero-order valence-electron chi connectivity index (χ0n) is 16.8. The number of amides is 2. The SMILES string of the molecule is CC(=O)N[C@@H](CCC(=O)NC(C)(C)CCOC(C)(C)CCC(=O)S)C(=O)O. The highest BCUT2D eigenvalue weighted by Crippen LogP contribution is 2.19. The molecule has 0 aromatic carbocycles. The fraction of sp³-hybridized carbons (Fsp3) is 0.778. The van der Waals surface area contributed by atoms with E-state index in [-0.39, 0.29) is 23.9 Å². The van der Waals surface area contributed by atoms with Crippen LogP contribution in [0.4, 0.5) is 0 Å². The second-order valence-corrected chi connectivity index (χ2v) is 8.31. The van der Waals surface area contributed by atoms with Crippen LogP contribution in [0.3, 0.4) is 0 Å². The highest BCUT2D eigenvalue weighted by molar-refractivity contribution is 7.96. The zero-order chi connectivity index (χ0) is 21.3. The predicted octanol–water partition coefficient (Wildman–Crippen LogP) is 1.67. The van der Waals surface area contributed by atoms with E-state index in [0.29, 0.717) is 25.9 Å². The fourth-order valence-electron chi connectivity index (χ4n) is 2.34. The van der Waals surface area contributed by atoms with Crippen molar-refractivity contribution in [3.8, 4) is 0 Å². The number of nitrogens with one attached hydrogen (secondary N) is 2. The standard InChI is InChI=1S/C18H32N2O6S/c1-12(21)19-13(16(24)25)6-7-14(22)20-17(2,3)10-11-26-18(4,5)9-8-15(23)27/h13H,6-11H2,1-5H3,(H,19,21)(H,20,22)(H,23,27)(H,24,25)/t13-/m0/s1. The molecule has 0 aromatic rings. The van der Waals surface area contributed by atoms with Gasteiger partial charge in [0.2, 0.25) is 11.8 Å². The Kier molecular flexibility index (Phi) is 10.6. The molecule has 1 atom stereocenters. The molecule has 0 rings (SSSR count). The number of carbonyl (C=O) groups excluding carboxylic acids is 3. The number of ether oxygens (including phenoxy) is 1. The summed E-state index contributed by atoms with van der Waals surface area (Å²) in [4.78, 5) is 45.1. The van der Waals surface area contributed by atoms with Crippen molar-refractivity contribution >= 4 is 35.5 Å². The molecule has 0 saturated heterocycles. The summed E-state index contributed by atoms with van der Waals surface area (Å²) in [6.07, 6.45) is 1.43. The Morgan fingerprint density at radius 2 is 1.67 bits per heavy atom. The van der Waals surface area contributed by atoms with Gasteiger partial charge in [0.15, 0.2) is 5.12 Å². The monoisotopic (exact) mass is 404 g/mol. The number of thiol groups is 1. The molecule has 0 aliphatic carbocycles. The Morgan fingerprint density at radius 3 is 2.15 bits per heavy atom. The van der Waals surface area contributed by atoms with E-state index in [0.717, 1.165) is 0 Å². The molecule has 0 bridgehead atoms. The van der Waals surface area contributed by atoms with E-state index >= 15 is 0 Å². The maximum atomic E-state index is 12.1. The van der Waals surface area contributed by atoms with Crippen LogP contribution in [0, 0.1) is 0 Å². The first-order valence-corrected chi connectivity index (χ1v) is 9.35. The van der Waals surface area contributed by atoms with E-state index < -0.39 is 29.1 Å². The van der Waals surface area contributed by atoms with E-state index in [1.807, 2.05) is 27.7 Å². The van der Waals surface area contributed by atoms with Gasteiger partial charge in [-0.05, 0) is 47.0 Å². The molecule has 27 heavy (non-hydrogen) atoms. The van der Waals surface area contributed by atoms with Crippen molar-refractivity contribution in [2.45, 2.75) is 83.9 Å². The molecule has 9 heteroatoms. The molecule has 0 aliphatic heterocycles. The van der Waals surface area contributed by atoms with Crippen LogP contribution in [0.1, 0.15) is 66.7 Å². The van der Waals surface area contributed by atoms with Crippen molar-refractivity contribution in [1.82, 2.24) is 10.6 Å². The van der Waals surface area contributed by atoms with Gasteiger partial charge in [-0.15, -0.1) is 12.6 Å². The number of carboxylic acid groups (broad SMARTS) is 1. The van der Waals surface area contributed by atoms with E-state index in [1.54, 1.807) is 0 Å². The minimum Gasteiger partial charge on any atom is -0.480 e. The molecule has 0 aromatic heterocycles. The van der Waals surface area contributed by atoms with Crippen LogP contribution in [0.15, 0.2) is 0 Å². The van der Waals surface area contributed by atoms with E-state index in [1.165, 1.54) is 6.92 Å². The number of hydrogen-bond donors (Lipinski definition) is 4. The van der Waals surface area contributed by atoms with Crippen molar-refractivity contribution in [2.75, 3.05) is 6.61 Å². The number of aliphatic carboxylic acids is 1. The lowest BCUT2D eigenvalue weighted by Gasteiger charge is -2.30. The molecule has 3 N–H and O–H groups in total. The Balaban J connectivity index is 4.36. The summed E-state index contributed by atoms with van der Waals surface area (Å²) < 4.78 is 5.81. The molecule has 156 valence electrons. The van der Waals surface area contributed by atoms with Gasteiger partial charge in [-0.25, -0.2) is 4.79 Å². The first-order chi connectivity index (χ1) is 12.2. The van der Waals surface area contributed by atoms with Gasteiger partial charge in [0.05, 0.1) is 5.60 Å². The number of rotatable bonds is 13. The smallest absolute Gasteiger partial charge is 0.326 e. The fourth-order valence-corrected chi connectivity index (χ4v) is 2.46. The van der Waals surface area contributed by atoms with Crippen LogP contribution in [0.5, 0.6) is 0 Å². The number of carbonyl (C=O) groups is 4. The van der Waals surface area contributed by atoms with Gasteiger partial charge in [0.25, 0.3) is 0 Å². The molecule has 0 heterocycles. The van der Waals surface area contributed by atoms with Gasteiger partial charge < -0.3 is 20.5 Å². The first-order valence-electron chi connectivity index (χ1n) is 8.91. The lowest BCUT2D eigenvalue weighted by atomic mass is 9.99. The van der Waals surface area contributed by atoms with Gasteiger partial charge in [-0.1, -0.05) is 0 Å². The molecule has 0 fully saturated rings. The van der Waals surface area contributed by atoms with E-state index in [9.17, 15) is 19.2 Å². The second kappa shape index (κ2) is 11.3. The lowest BCUT2D eigenvalue weighted by molar-refractivity contribution is -0.141. The topological polar surface area (TPSA) is 122 Å². The van der Waals surface area contributed by atoms with Gasteiger partial charge in [0.1, 0.15) is 6.04 Å². The van der Waals surface area contributed by atoms with Crippen LogP contribution >= 0.6 is 12.6 Å². The van der Waals surface area contributed by atoms with Crippen molar-refractivity contribution in [3.05, 3.63) is 0 Å². The average molecular weight is 405 g/mol. The van der Waals surface area contributed by atoms with Crippen molar-refractivity contribution < 1.29 is 29.0 Å². The minimum absolute atomic E-state index is 0.0120. The summed E-state index contributed by atoms with van der Waals surface area (Å²) in [5.41, 5.74) is -1.01. The van der Waals surface area contributed by atoms with Gasteiger partial charge in [-0.3, -0.25) is 14.4 Å². The molecule has 2 amide bonds. The average Bonchev–Trinajstić information content (AvgIpc) is 2.48. The highest BCUT2D eigenvalue weighted by atomic mass is 32.1. The van der Waals surface area contributed by atoms with Crippen LogP contribution in [-0.4, -0.2) is 51.8 Å². The first kappa shape index (κ1) is 25.4. The zero-order valence-corrected chi connectivity index (χ0v) is 17.7. The maximum Gasteiger partial charge on any atom is 0.326 e. The predicted molar refractivity (Wildman–Crippen MR) is 105 cm³/mol. The van der Waals surface area contributed by atoms with Crippen LogP contribution < -0.4 is 10.6 Å². The van der Waals surface area contributed by atoms with Gasteiger partial charge in [0, 0.05) is 31.9 Å². The van der Waals surface area contributed by atoms with Crippen LogP contribution in [0.2, 0.25) is 0 Å². The molecule has 0 spiro atoms. The van der Waals surface area contributed by atoms with Crippen molar-refractivity contribution in [1.29, 1.82) is 0 Å². The third-order valence-corrected chi connectivity index (χ3v) is 4.20.